The molecule has 1 fully saturated rings. The average molecular weight is 260 g/mol. The zero-order valence-corrected chi connectivity index (χ0v) is 11.2. The first kappa shape index (κ1) is 12.7. The number of rotatable bonds is 4. The van der Waals surface area contributed by atoms with E-state index in [1.54, 1.807) is 0 Å². The molecule has 1 aromatic rings. The molecule has 0 saturated carbocycles. The van der Waals surface area contributed by atoms with Gasteiger partial charge in [0.05, 0.1) is 13.2 Å². The lowest BCUT2D eigenvalue weighted by Gasteiger charge is -2.20. The lowest BCUT2D eigenvalue weighted by Crippen LogP contribution is -2.25. The van der Waals surface area contributed by atoms with E-state index >= 15 is 0 Å². The molecule has 0 aliphatic carbocycles. The monoisotopic (exact) mass is 260 g/mol. The van der Waals surface area contributed by atoms with Crippen LogP contribution in [0.25, 0.3) is 0 Å². The minimum atomic E-state index is 0.131. The van der Waals surface area contributed by atoms with Crippen LogP contribution in [0.3, 0.4) is 0 Å². The zero-order chi connectivity index (χ0) is 13.1. The van der Waals surface area contributed by atoms with Gasteiger partial charge in [0.15, 0.2) is 0 Å². The van der Waals surface area contributed by atoms with Crippen molar-refractivity contribution in [3.8, 4) is 5.75 Å². The Hall–Kier alpha value is -1.35. The Balaban J connectivity index is 1.55. The minimum absolute atomic E-state index is 0.131. The van der Waals surface area contributed by atoms with Crippen molar-refractivity contribution in [1.82, 2.24) is 0 Å². The lowest BCUT2D eigenvalue weighted by molar-refractivity contribution is -0.126. The maximum atomic E-state index is 12.1. The van der Waals surface area contributed by atoms with Gasteiger partial charge in [-0.3, -0.25) is 4.79 Å². The third-order valence-electron chi connectivity index (χ3n) is 4.03. The maximum Gasteiger partial charge on any atom is 0.138 e. The highest BCUT2D eigenvalue weighted by Gasteiger charge is 2.21. The fourth-order valence-corrected chi connectivity index (χ4v) is 2.86. The molecule has 2 aliphatic heterocycles. The number of aryl methyl sites for hydroxylation is 1. The van der Waals surface area contributed by atoms with Gasteiger partial charge in [0.1, 0.15) is 11.5 Å². The van der Waals surface area contributed by atoms with E-state index in [1.807, 2.05) is 6.07 Å². The van der Waals surface area contributed by atoms with Crippen molar-refractivity contribution >= 4 is 5.78 Å². The van der Waals surface area contributed by atoms with Crippen LogP contribution in [0, 0.1) is 5.92 Å². The Morgan fingerprint density at radius 1 is 1.32 bits per heavy atom. The van der Waals surface area contributed by atoms with Gasteiger partial charge in [-0.05, 0) is 36.5 Å². The van der Waals surface area contributed by atoms with Crippen LogP contribution in [0.1, 0.15) is 30.4 Å². The van der Waals surface area contributed by atoms with Gasteiger partial charge in [0, 0.05) is 25.4 Å². The molecule has 2 aliphatic rings. The van der Waals surface area contributed by atoms with Crippen molar-refractivity contribution < 1.29 is 14.3 Å². The molecule has 0 aromatic heterocycles. The van der Waals surface area contributed by atoms with E-state index in [4.69, 9.17) is 9.47 Å². The van der Waals surface area contributed by atoms with E-state index < -0.39 is 0 Å². The van der Waals surface area contributed by atoms with Crippen LogP contribution in [-0.2, 0) is 22.4 Å². The Morgan fingerprint density at radius 2 is 2.26 bits per heavy atom. The number of hydrogen-bond acceptors (Lipinski definition) is 3. The van der Waals surface area contributed by atoms with Crippen LogP contribution in [0.15, 0.2) is 18.2 Å². The number of ketones is 1. The highest BCUT2D eigenvalue weighted by atomic mass is 16.5. The predicted octanol–water partition coefficient (Wildman–Crippen LogP) is 2.55. The fourth-order valence-electron chi connectivity index (χ4n) is 2.86. The summed E-state index contributed by atoms with van der Waals surface area (Å²) in [5, 5.41) is 0. The number of carbonyl (C=O) groups is 1. The highest BCUT2D eigenvalue weighted by Crippen LogP contribution is 2.26. The van der Waals surface area contributed by atoms with Crippen molar-refractivity contribution in [3.63, 3.8) is 0 Å². The number of carbonyl (C=O) groups excluding carboxylic acids is 1. The summed E-state index contributed by atoms with van der Waals surface area (Å²) in [5.74, 6) is 1.50. The van der Waals surface area contributed by atoms with Crippen molar-refractivity contribution in [2.24, 2.45) is 5.92 Å². The normalized spacial score (nSPS) is 21.8. The van der Waals surface area contributed by atoms with Crippen molar-refractivity contribution in [2.75, 3.05) is 19.8 Å². The first-order valence-corrected chi connectivity index (χ1v) is 7.18. The molecule has 1 saturated heterocycles. The summed E-state index contributed by atoms with van der Waals surface area (Å²) >= 11 is 0. The van der Waals surface area contributed by atoms with E-state index in [-0.39, 0.29) is 5.92 Å². The smallest absolute Gasteiger partial charge is 0.138 e. The third-order valence-corrected chi connectivity index (χ3v) is 4.03. The highest BCUT2D eigenvalue weighted by molar-refractivity contribution is 5.81. The molecule has 2 heterocycles. The Kier molecular flexibility index (Phi) is 3.83. The van der Waals surface area contributed by atoms with Crippen LogP contribution in [-0.4, -0.2) is 25.6 Å². The van der Waals surface area contributed by atoms with Crippen LogP contribution >= 0.6 is 0 Å². The van der Waals surface area contributed by atoms with Crippen LogP contribution < -0.4 is 4.74 Å². The minimum Gasteiger partial charge on any atom is -0.493 e. The Bertz CT molecular complexity index is 461. The number of hydrogen-bond donors (Lipinski definition) is 0. The van der Waals surface area contributed by atoms with Crippen LogP contribution in [0.2, 0.25) is 0 Å². The molecule has 3 heteroatoms. The third kappa shape index (κ3) is 2.98. The summed E-state index contributed by atoms with van der Waals surface area (Å²) in [7, 11) is 0. The van der Waals surface area contributed by atoms with Gasteiger partial charge in [-0.15, -0.1) is 0 Å². The molecule has 1 aromatic carbocycles. The van der Waals surface area contributed by atoms with Gasteiger partial charge in [-0.2, -0.15) is 0 Å². The molecule has 1 atom stereocenters. The summed E-state index contributed by atoms with van der Waals surface area (Å²) in [6, 6.07) is 6.30. The molecule has 1 unspecified atom stereocenters. The second kappa shape index (κ2) is 5.74. The maximum absolute atomic E-state index is 12.1. The van der Waals surface area contributed by atoms with Gasteiger partial charge >= 0.3 is 0 Å². The predicted molar refractivity (Wildman–Crippen MR) is 72.5 cm³/mol. The summed E-state index contributed by atoms with van der Waals surface area (Å²) in [6.45, 7) is 2.22. The average Bonchev–Trinajstić information content (AvgIpc) is 2.93. The first-order valence-electron chi connectivity index (χ1n) is 7.18. The topological polar surface area (TPSA) is 35.5 Å². The van der Waals surface area contributed by atoms with Gasteiger partial charge in [-0.1, -0.05) is 12.1 Å². The fraction of sp³-hybridized carbons (Fsp3) is 0.562. The SMILES string of the molecule is O=C(CCc1ccc2c(c1)CCO2)C1CCCOC1. The first-order chi connectivity index (χ1) is 9.33. The summed E-state index contributed by atoms with van der Waals surface area (Å²) in [6.07, 6.45) is 4.48. The lowest BCUT2D eigenvalue weighted by atomic mass is 9.93. The second-order valence-corrected chi connectivity index (χ2v) is 5.42. The molecular formula is C16H20O3. The summed E-state index contributed by atoms with van der Waals surface area (Å²) in [5.41, 5.74) is 2.53. The number of ether oxygens (including phenoxy) is 2. The van der Waals surface area contributed by atoms with Gasteiger partial charge in [0.25, 0.3) is 0 Å². The van der Waals surface area contributed by atoms with E-state index in [2.05, 4.69) is 12.1 Å². The summed E-state index contributed by atoms with van der Waals surface area (Å²) in [4.78, 5) is 12.1. The number of fused-ring (bicyclic) bond motifs is 1. The molecular weight excluding hydrogens is 240 g/mol. The number of Topliss-reactive ketones (excluding diaryl/α,β-unsaturated/α-hetero) is 1. The molecule has 0 N–H and O–H groups in total. The van der Waals surface area contributed by atoms with Crippen LogP contribution in [0.4, 0.5) is 0 Å². The van der Waals surface area contributed by atoms with E-state index in [0.717, 1.165) is 44.6 Å². The van der Waals surface area contributed by atoms with E-state index in [0.29, 0.717) is 18.8 Å². The zero-order valence-electron chi connectivity index (χ0n) is 11.2. The largest absolute Gasteiger partial charge is 0.493 e. The van der Waals surface area contributed by atoms with Gasteiger partial charge in [-0.25, -0.2) is 0 Å². The van der Waals surface area contributed by atoms with Gasteiger partial charge < -0.3 is 9.47 Å². The van der Waals surface area contributed by atoms with Crippen molar-refractivity contribution in [1.29, 1.82) is 0 Å². The molecule has 3 nitrogen and oxygen atoms in total. The van der Waals surface area contributed by atoms with Crippen molar-refractivity contribution in [2.45, 2.75) is 32.1 Å². The summed E-state index contributed by atoms with van der Waals surface area (Å²) < 4.78 is 10.9. The standard InChI is InChI=1S/C16H20O3/c17-15(14-2-1-8-18-11-14)5-3-12-4-6-16-13(10-12)7-9-19-16/h4,6,10,14H,1-3,5,7-9,11H2. The molecule has 0 radical (unpaired) electrons. The molecule has 0 amide bonds. The van der Waals surface area contributed by atoms with E-state index in [9.17, 15) is 4.79 Å². The van der Waals surface area contributed by atoms with Crippen molar-refractivity contribution in [3.05, 3.63) is 29.3 Å². The molecule has 19 heavy (non-hydrogen) atoms. The van der Waals surface area contributed by atoms with E-state index in [1.165, 1.54) is 11.1 Å². The Labute approximate surface area is 113 Å². The molecule has 0 spiro atoms. The quantitative estimate of drug-likeness (QED) is 0.834. The van der Waals surface area contributed by atoms with Crippen LogP contribution in [0.5, 0.6) is 5.75 Å². The molecule has 3 rings (SSSR count). The molecule has 0 bridgehead atoms. The molecule has 102 valence electrons. The Morgan fingerprint density at radius 3 is 3.11 bits per heavy atom. The van der Waals surface area contributed by atoms with Gasteiger partial charge in [0.2, 0.25) is 0 Å². The number of benzene rings is 1. The second-order valence-electron chi connectivity index (χ2n) is 5.42.